The molecule has 3 rings (SSSR count). The van der Waals surface area contributed by atoms with Gasteiger partial charge in [0.15, 0.2) is 15.8 Å². The number of rotatable bonds is 1. The van der Waals surface area contributed by atoms with Crippen LogP contribution >= 0.6 is 22.7 Å². The summed E-state index contributed by atoms with van der Waals surface area (Å²) in [5, 5.41) is 3.73. The highest BCUT2D eigenvalue weighted by Gasteiger charge is 2.34. The van der Waals surface area contributed by atoms with Gasteiger partial charge in [-0.1, -0.05) is 13.8 Å². The summed E-state index contributed by atoms with van der Waals surface area (Å²) in [7, 11) is 0. The van der Waals surface area contributed by atoms with Gasteiger partial charge in [0, 0.05) is 18.0 Å². The Labute approximate surface area is 108 Å². The smallest absolute Gasteiger partial charge is 0.175 e. The Kier molecular flexibility index (Phi) is 2.41. The van der Waals surface area contributed by atoms with Crippen molar-refractivity contribution in [3.8, 4) is 10.0 Å². The number of aromatic nitrogens is 2. The largest absolute Gasteiger partial charge is 0.293 e. The molecule has 0 N–H and O–H groups in total. The molecular weight excluding hydrogens is 252 g/mol. The van der Waals surface area contributed by atoms with Crippen molar-refractivity contribution in [3.05, 3.63) is 22.1 Å². The molecule has 88 valence electrons. The van der Waals surface area contributed by atoms with Crippen LogP contribution in [0.25, 0.3) is 10.0 Å². The van der Waals surface area contributed by atoms with E-state index in [0.717, 1.165) is 27.0 Å². The molecule has 5 heteroatoms. The summed E-state index contributed by atoms with van der Waals surface area (Å²) in [5.41, 5.74) is 1.000. The molecule has 0 radical (unpaired) electrons. The minimum absolute atomic E-state index is 0.0400. The van der Waals surface area contributed by atoms with Crippen LogP contribution in [-0.2, 0) is 6.42 Å². The van der Waals surface area contributed by atoms with E-state index in [2.05, 4.69) is 23.8 Å². The zero-order valence-corrected chi connectivity index (χ0v) is 11.3. The lowest BCUT2D eigenvalue weighted by atomic mass is 9.78. The van der Waals surface area contributed by atoms with E-state index in [9.17, 15) is 4.79 Å². The average Bonchev–Trinajstić information content (AvgIpc) is 2.81. The van der Waals surface area contributed by atoms with Crippen molar-refractivity contribution in [1.29, 1.82) is 0 Å². The zero-order valence-electron chi connectivity index (χ0n) is 9.69. The van der Waals surface area contributed by atoms with Gasteiger partial charge < -0.3 is 0 Å². The number of Topliss-reactive ketones (excluding diaryl/α,β-unsaturated/α-hetero) is 1. The third-order valence-electron chi connectivity index (χ3n) is 2.85. The molecule has 3 nitrogen and oxygen atoms in total. The Morgan fingerprint density at radius 3 is 2.82 bits per heavy atom. The second-order valence-electron chi connectivity index (χ2n) is 5.07. The number of hydrogen-bond donors (Lipinski definition) is 0. The second kappa shape index (κ2) is 3.71. The van der Waals surface area contributed by atoms with Crippen LogP contribution in [0.5, 0.6) is 0 Å². The van der Waals surface area contributed by atoms with E-state index in [1.807, 2.05) is 5.38 Å². The van der Waals surface area contributed by atoms with Crippen molar-refractivity contribution < 1.29 is 4.79 Å². The van der Waals surface area contributed by atoms with E-state index < -0.39 is 0 Å². The quantitative estimate of drug-likeness (QED) is 0.792. The summed E-state index contributed by atoms with van der Waals surface area (Å²) >= 11 is 3.06. The van der Waals surface area contributed by atoms with Crippen molar-refractivity contribution in [3.63, 3.8) is 0 Å². The lowest BCUT2D eigenvalue weighted by molar-refractivity contribution is 0.0916. The van der Waals surface area contributed by atoms with E-state index in [0.29, 0.717) is 6.42 Å². The molecule has 0 fully saturated rings. The summed E-state index contributed by atoms with van der Waals surface area (Å²) < 4.78 is 0. The van der Waals surface area contributed by atoms with Crippen molar-refractivity contribution in [2.24, 2.45) is 5.41 Å². The molecule has 17 heavy (non-hydrogen) atoms. The van der Waals surface area contributed by atoms with Crippen LogP contribution in [0.2, 0.25) is 0 Å². The molecule has 2 aromatic rings. The SMILES string of the molecule is CC1(C)CC(=O)c2sc(-c3nccs3)nc2C1. The number of ketones is 1. The van der Waals surface area contributed by atoms with Gasteiger partial charge in [-0.3, -0.25) is 4.79 Å². The molecule has 0 unspecified atom stereocenters. The third-order valence-corrected chi connectivity index (χ3v) is 4.91. The molecule has 0 spiro atoms. The first-order valence-corrected chi connectivity index (χ1v) is 7.17. The molecule has 2 heterocycles. The van der Waals surface area contributed by atoms with Crippen LogP contribution in [0.15, 0.2) is 11.6 Å². The summed E-state index contributed by atoms with van der Waals surface area (Å²) in [6.07, 6.45) is 3.28. The van der Waals surface area contributed by atoms with Crippen LogP contribution in [0, 0.1) is 5.41 Å². The standard InChI is InChI=1S/C12H12N2OS2/c1-12(2)5-7-9(8(15)6-12)17-11(14-7)10-13-3-4-16-10/h3-4H,5-6H2,1-2H3. The predicted molar refractivity (Wildman–Crippen MR) is 69.7 cm³/mol. The van der Waals surface area contributed by atoms with Crippen molar-refractivity contribution in [2.75, 3.05) is 0 Å². The van der Waals surface area contributed by atoms with E-state index in [4.69, 9.17) is 0 Å². The topological polar surface area (TPSA) is 42.9 Å². The van der Waals surface area contributed by atoms with Crippen LogP contribution in [-0.4, -0.2) is 15.8 Å². The maximum atomic E-state index is 12.0. The lowest BCUT2D eigenvalue weighted by Gasteiger charge is -2.26. The van der Waals surface area contributed by atoms with E-state index >= 15 is 0 Å². The van der Waals surface area contributed by atoms with E-state index in [1.165, 1.54) is 11.3 Å². The number of nitrogens with zero attached hydrogens (tertiary/aromatic N) is 2. The Hall–Kier alpha value is -1.07. The fourth-order valence-electron chi connectivity index (χ4n) is 2.14. The number of hydrogen-bond acceptors (Lipinski definition) is 5. The molecule has 0 aromatic carbocycles. The highest BCUT2D eigenvalue weighted by Crippen LogP contribution is 2.39. The maximum Gasteiger partial charge on any atom is 0.175 e. The van der Waals surface area contributed by atoms with Gasteiger partial charge in [-0.2, -0.15) is 0 Å². The first-order chi connectivity index (χ1) is 8.05. The summed E-state index contributed by atoms with van der Waals surface area (Å²) in [6.45, 7) is 4.24. The first kappa shape index (κ1) is 11.0. The van der Waals surface area contributed by atoms with Gasteiger partial charge in [0.1, 0.15) is 0 Å². The molecule has 2 aromatic heterocycles. The number of fused-ring (bicyclic) bond motifs is 1. The van der Waals surface area contributed by atoms with Gasteiger partial charge in [0.25, 0.3) is 0 Å². The molecule has 0 aliphatic heterocycles. The molecule has 0 amide bonds. The number of carbonyl (C=O) groups excluding carboxylic acids is 1. The Morgan fingerprint density at radius 1 is 1.29 bits per heavy atom. The number of thiazole rings is 2. The van der Waals surface area contributed by atoms with Crippen molar-refractivity contribution in [1.82, 2.24) is 9.97 Å². The summed E-state index contributed by atoms with van der Waals surface area (Å²) in [6, 6.07) is 0. The van der Waals surface area contributed by atoms with Gasteiger partial charge >= 0.3 is 0 Å². The van der Waals surface area contributed by atoms with Gasteiger partial charge in [-0.05, 0) is 11.8 Å². The minimum atomic E-state index is 0.0400. The van der Waals surface area contributed by atoms with Gasteiger partial charge in [-0.15, -0.1) is 22.7 Å². The Bertz CT molecular complexity index is 569. The van der Waals surface area contributed by atoms with Gasteiger partial charge in [-0.25, -0.2) is 9.97 Å². The second-order valence-corrected chi connectivity index (χ2v) is 6.97. The van der Waals surface area contributed by atoms with Crippen molar-refractivity contribution >= 4 is 28.5 Å². The van der Waals surface area contributed by atoms with Crippen molar-refractivity contribution in [2.45, 2.75) is 26.7 Å². The fourth-order valence-corrected chi connectivity index (χ4v) is 3.84. The molecular formula is C12H12N2OS2. The normalized spacial score (nSPS) is 18.1. The van der Waals surface area contributed by atoms with E-state index in [-0.39, 0.29) is 11.2 Å². The zero-order chi connectivity index (χ0) is 12.0. The average molecular weight is 264 g/mol. The van der Waals surface area contributed by atoms with Gasteiger partial charge in [0.2, 0.25) is 0 Å². The number of carbonyl (C=O) groups is 1. The van der Waals surface area contributed by atoms with Gasteiger partial charge in [0.05, 0.1) is 10.6 Å². The molecule has 1 aliphatic rings. The monoisotopic (exact) mass is 264 g/mol. The third kappa shape index (κ3) is 1.93. The fraction of sp³-hybridized carbons (Fsp3) is 0.417. The van der Waals surface area contributed by atoms with Crippen LogP contribution in [0.3, 0.4) is 0 Å². The minimum Gasteiger partial charge on any atom is -0.293 e. The first-order valence-electron chi connectivity index (χ1n) is 5.48. The lowest BCUT2D eigenvalue weighted by Crippen LogP contribution is -2.25. The molecule has 0 saturated carbocycles. The van der Waals surface area contributed by atoms with Crippen LogP contribution in [0.1, 0.15) is 35.6 Å². The highest BCUT2D eigenvalue weighted by atomic mass is 32.1. The highest BCUT2D eigenvalue weighted by molar-refractivity contribution is 7.21. The summed E-state index contributed by atoms with van der Waals surface area (Å²) in [4.78, 5) is 21.7. The molecule has 0 bridgehead atoms. The summed E-state index contributed by atoms with van der Waals surface area (Å²) in [5.74, 6) is 0.233. The van der Waals surface area contributed by atoms with E-state index in [1.54, 1.807) is 17.5 Å². The van der Waals surface area contributed by atoms with Crippen LogP contribution in [0.4, 0.5) is 0 Å². The Morgan fingerprint density at radius 2 is 2.12 bits per heavy atom. The maximum absolute atomic E-state index is 12.0. The predicted octanol–water partition coefficient (Wildman–Crippen LogP) is 3.42. The van der Waals surface area contributed by atoms with Crippen LogP contribution < -0.4 is 0 Å². The molecule has 0 atom stereocenters. The molecule has 0 saturated heterocycles. The Balaban J connectivity index is 2.07. The molecule has 1 aliphatic carbocycles.